The highest BCUT2D eigenvalue weighted by Gasteiger charge is 2.28. The number of halogens is 1. The fourth-order valence-electron chi connectivity index (χ4n) is 1.55. The normalized spacial score (nSPS) is 15.9. The lowest BCUT2D eigenvalue weighted by atomic mass is 9.84. The molecular formula is C13H19BrO2. The Balaban J connectivity index is 2.64. The van der Waals surface area contributed by atoms with Crippen molar-refractivity contribution in [2.75, 3.05) is 0 Å². The number of aliphatic hydroxyl groups excluding tert-OH is 2. The molecule has 2 N–H and O–H groups in total. The van der Waals surface area contributed by atoms with Crippen LogP contribution in [0.4, 0.5) is 0 Å². The van der Waals surface area contributed by atoms with Gasteiger partial charge in [-0.15, -0.1) is 0 Å². The summed E-state index contributed by atoms with van der Waals surface area (Å²) >= 11 is 3.36. The molecule has 1 aromatic carbocycles. The van der Waals surface area contributed by atoms with Crippen LogP contribution in [-0.2, 0) is 6.42 Å². The molecule has 0 radical (unpaired) electrons. The van der Waals surface area contributed by atoms with Crippen LogP contribution in [0.3, 0.4) is 0 Å². The fraction of sp³-hybridized carbons (Fsp3) is 0.538. The van der Waals surface area contributed by atoms with Crippen LogP contribution in [0.2, 0.25) is 0 Å². The van der Waals surface area contributed by atoms with Crippen molar-refractivity contribution < 1.29 is 10.2 Å². The van der Waals surface area contributed by atoms with E-state index in [9.17, 15) is 10.2 Å². The maximum atomic E-state index is 9.91. The Morgan fingerprint density at radius 2 is 1.62 bits per heavy atom. The zero-order valence-electron chi connectivity index (χ0n) is 9.94. The third-order valence-electron chi connectivity index (χ3n) is 2.61. The first-order chi connectivity index (χ1) is 7.30. The Bertz CT molecular complexity index is 327. The van der Waals surface area contributed by atoms with Crippen molar-refractivity contribution in [1.82, 2.24) is 0 Å². The number of rotatable bonds is 3. The molecule has 2 nitrogen and oxygen atoms in total. The van der Waals surface area contributed by atoms with Gasteiger partial charge in [0.05, 0.1) is 12.2 Å². The van der Waals surface area contributed by atoms with E-state index in [1.807, 2.05) is 45.0 Å². The van der Waals surface area contributed by atoms with E-state index in [2.05, 4.69) is 15.9 Å². The molecule has 0 spiro atoms. The lowest BCUT2D eigenvalue weighted by molar-refractivity contribution is -0.0434. The molecule has 0 saturated heterocycles. The summed E-state index contributed by atoms with van der Waals surface area (Å²) in [5.41, 5.74) is 0.730. The van der Waals surface area contributed by atoms with Crippen molar-refractivity contribution in [2.24, 2.45) is 5.41 Å². The highest BCUT2D eigenvalue weighted by molar-refractivity contribution is 9.10. The number of aliphatic hydroxyl groups is 2. The van der Waals surface area contributed by atoms with Crippen molar-refractivity contribution in [2.45, 2.75) is 39.4 Å². The second-order valence-electron chi connectivity index (χ2n) is 5.21. The molecule has 90 valence electrons. The third kappa shape index (κ3) is 3.89. The van der Waals surface area contributed by atoms with Crippen LogP contribution >= 0.6 is 15.9 Å². The van der Waals surface area contributed by atoms with Crippen molar-refractivity contribution >= 4 is 15.9 Å². The monoisotopic (exact) mass is 286 g/mol. The van der Waals surface area contributed by atoms with Crippen molar-refractivity contribution in [3.8, 4) is 0 Å². The van der Waals surface area contributed by atoms with Crippen LogP contribution in [0.25, 0.3) is 0 Å². The van der Waals surface area contributed by atoms with E-state index in [-0.39, 0.29) is 5.41 Å². The van der Waals surface area contributed by atoms with Gasteiger partial charge in [-0.2, -0.15) is 0 Å². The highest BCUT2D eigenvalue weighted by atomic mass is 79.9. The van der Waals surface area contributed by atoms with E-state index in [0.29, 0.717) is 6.42 Å². The van der Waals surface area contributed by atoms with Crippen molar-refractivity contribution in [3.05, 3.63) is 34.3 Å². The summed E-state index contributed by atoms with van der Waals surface area (Å²) in [7, 11) is 0. The molecular weight excluding hydrogens is 268 g/mol. The van der Waals surface area contributed by atoms with Crippen LogP contribution in [0.1, 0.15) is 26.3 Å². The van der Waals surface area contributed by atoms with Gasteiger partial charge in [0.15, 0.2) is 0 Å². The zero-order valence-corrected chi connectivity index (χ0v) is 11.5. The van der Waals surface area contributed by atoms with Gasteiger partial charge in [0.25, 0.3) is 0 Å². The van der Waals surface area contributed by atoms with Gasteiger partial charge in [-0.25, -0.2) is 0 Å². The van der Waals surface area contributed by atoms with Crippen LogP contribution < -0.4 is 0 Å². The van der Waals surface area contributed by atoms with Gasteiger partial charge in [0.1, 0.15) is 0 Å². The predicted molar refractivity (Wildman–Crippen MR) is 69.3 cm³/mol. The predicted octanol–water partition coefficient (Wildman–Crippen LogP) is 2.76. The maximum absolute atomic E-state index is 9.91. The van der Waals surface area contributed by atoms with E-state index >= 15 is 0 Å². The van der Waals surface area contributed by atoms with Gasteiger partial charge in [0, 0.05) is 10.9 Å². The van der Waals surface area contributed by atoms with Crippen LogP contribution in [-0.4, -0.2) is 22.4 Å². The van der Waals surface area contributed by atoms with Crippen LogP contribution in [0.5, 0.6) is 0 Å². The summed E-state index contributed by atoms with van der Waals surface area (Å²) in [6, 6.07) is 7.77. The first kappa shape index (κ1) is 13.7. The average molecular weight is 287 g/mol. The molecule has 0 amide bonds. The quantitative estimate of drug-likeness (QED) is 0.897. The lowest BCUT2D eigenvalue weighted by Gasteiger charge is -2.30. The summed E-state index contributed by atoms with van der Waals surface area (Å²) in [6.07, 6.45) is -0.955. The summed E-state index contributed by atoms with van der Waals surface area (Å²) in [6.45, 7) is 5.76. The first-order valence-corrected chi connectivity index (χ1v) is 6.20. The first-order valence-electron chi connectivity index (χ1n) is 5.41. The Morgan fingerprint density at radius 3 is 2.06 bits per heavy atom. The minimum Gasteiger partial charge on any atom is -0.390 e. The van der Waals surface area contributed by atoms with Crippen LogP contribution in [0.15, 0.2) is 28.7 Å². The highest BCUT2D eigenvalue weighted by Crippen LogP contribution is 2.23. The number of benzene rings is 1. The van der Waals surface area contributed by atoms with Crippen molar-refractivity contribution in [1.29, 1.82) is 0 Å². The summed E-state index contributed by atoms with van der Waals surface area (Å²) in [5, 5.41) is 19.8. The Morgan fingerprint density at radius 1 is 1.12 bits per heavy atom. The average Bonchev–Trinajstić information content (AvgIpc) is 2.19. The fourth-order valence-corrected chi connectivity index (χ4v) is 1.82. The van der Waals surface area contributed by atoms with Gasteiger partial charge < -0.3 is 10.2 Å². The molecule has 0 heterocycles. The molecule has 0 aliphatic carbocycles. The third-order valence-corrected chi connectivity index (χ3v) is 3.14. The molecule has 0 aliphatic heterocycles. The molecule has 0 aliphatic rings. The Labute approximate surface area is 105 Å². The van der Waals surface area contributed by atoms with E-state index < -0.39 is 12.2 Å². The molecule has 0 aromatic heterocycles. The zero-order chi connectivity index (χ0) is 12.3. The van der Waals surface area contributed by atoms with Crippen molar-refractivity contribution in [3.63, 3.8) is 0 Å². The minimum absolute atomic E-state index is 0.297. The topological polar surface area (TPSA) is 40.5 Å². The smallest absolute Gasteiger partial charge is 0.0850 e. The molecule has 2 atom stereocenters. The summed E-state index contributed by atoms with van der Waals surface area (Å²) in [5.74, 6) is 0. The van der Waals surface area contributed by atoms with Gasteiger partial charge in [-0.3, -0.25) is 0 Å². The van der Waals surface area contributed by atoms with E-state index in [1.165, 1.54) is 0 Å². The van der Waals surface area contributed by atoms with Gasteiger partial charge in [-0.1, -0.05) is 48.8 Å². The maximum Gasteiger partial charge on any atom is 0.0850 e. The van der Waals surface area contributed by atoms with Gasteiger partial charge in [0.2, 0.25) is 0 Å². The molecule has 1 rings (SSSR count). The van der Waals surface area contributed by atoms with Gasteiger partial charge >= 0.3 is 0 Å². The second kappa shape index (κ2) is 5.30. The van der Waals surface area contributed by atoms with E-state index in [4.69, 9.17) is 0 Å². The second-order valence-corrected chi connectivity index (χ2v) is 6.12. The lowest BCUT2D eigenvalue weighted by Crippen LogP contribution is -2.38. The molecule has 0 fully saturated rings. The summed E-state index contributed by atoms with van der Waals surface area (Å²) < 4.78 is 1.02. The Hall–Kier alpha value is -0.380. The molecule has 3 heteroatoms. The largest absolute Gasteiger partial charge is 0.390 e. The summed E-state index contributed by atoms with van der Waals surface area (Å²) in [4.78, 5) is 0. The molecule has 2 unspecified atom stereocenters. The number of hydrogen-bond donors (Lipinski definition) is 2. The van der Waals surface area contributed by atoms with Crippen LogP contribution in [0, 0.1) is 5.41 Å². The molecule has 0 bridgehead atoms. The standard InChI is InChI=1S/C13H19BrO2/c1-13(2,3)12(16)11(15)8-9-4-6-10(14)7-5-9/h4-7,11-12,15-16H,8H2,1-3H3. The molecule has 16 heavy (non-hydrogen) atoms. The molecule has 1 aromatic rings. The van der Waals surface area contributed by atoms with E-state index in [0.717, 1.165) is 10.0 Å². The van der Waals surface area contributed by atoms with Gasteiger partial charge in [-0.05, 0) is 23.1 Å². The Kier molecular flexibility index (Phi) is 4.53. The SMILES string of the molecule is CC(C)(C)C(O)C(O)Cc1ccc(Br)cc1. The molecule has 0 saturated carbocycles. The van der Waals surface area contributed by atoms with E-state index in [1.54, 1.807) is 0 Å². The number of hydrogen-bond acceptors (Lipinski definition) is 2. The minimum atomic E-state index is -0.721.